The van der Waals surface area contributed by atoms with E-state index in [4.69, 9.17) is 5.73 Å². The van der Waals surface area contributed by atoms with Crippen LogP contribution in [0.4, 0.5) is 0 Å². The average Bonchev–Trinajstić information content (AvgIpc) is 2.86. The van der Waals surface area contributed by atoms with Crippen molar-refractivity contribution in [1.82, 2.24) is 14.8 Å². The minimum atomic E-state index is 0.252. The zero-order valence-electron chi connectivity index (χ0n) is 11.7. The molecule has 1 aromatic carbocycles. The first-order chi connectivity index (χ1) is 9.12. The molecular weight excluding hydrogens is 236 g/mol. The van der Waals surface area contributed by atoms with Crippen LogP contribution in [0.2, 0.25) is 0 Å². The molecule has 19 heavy (non-hydrogen) atoms. The highest BCUT2D eigenvalue weighted by Crippen LogP contribution is 2.26. The molecule has 0 aliphatic rings. The second kappa shape index (κ2) is 5.97. The molecule has 0 atom stereocenters. The summed E-state index contributed by atoms with van der Waals surface area (Å²) in [6.07, 6.45) is 4.80. The van der Waals surface area contributed by atoms with Gasteiger partial charge in [0.15, 0.2) is 0 Å². The Kier molecular flexibility index (Phi) is 4.32. The van der Waals surface area contributed by atoms with E-state index in [-0.39, 0.29) is 5.41 Å². The lowest BCUT2D eigenvalue weighted by Crippen LogP contribution is -2.18. The van der Waals surface area contributed by atoms with Crippen LogP contribution < -0.4 is 5.73 Å². The normalized spacial score (nSPS) is 11.7. The van der Waals surface area contributed by atoms with Gasteiger partial charge in [0.25, 0.3) is 0 Å². The zero-order valence-corrected chi connectivity index (χ0v) is 11.7. The molecular formula is C15H22N4. The highest BCUT2D eigenvalue weighted by atomic mass is 15.3. The largest absolute Gasteiger partial charge is 0.330 e. The maximum absolute atomic E-state index is 5.65. The van der Waals surface area contributed by atoms with Crippen LogP contribution in [0.15, 0.2) is 36.7 Å². The molecule has 0 radical (unpaired) electrons. The standard InChI is InChI=1S/C15H22N4/c1-15(2,10-11-16)9-8-14-18-17-12-19(14)13-6-4-3-5-7-13/h3-7,12H,8-11,16H2,1-2H3. The minimum Gasteiger partial charge on any atom is -0.330 e. The third-order valence-electron chi connectivity index (χ3n) is 3.50. The molecule has 1 heterocycles. The molecule has 0 bridgehead atoms. The first kappa shape index (κ1) is 13.7. The highest BCUT2D eigenvalue weighted by molar-refractivity contribution is 5.31. The van der Waals surface area contributed by atoms with Gasteiger partial charge in [0.2, 0.25) is 0 Å². The average molecular weight is 258 g/mol. The fourth-order valence-electron chi connectivity index (χ4n) is 2.20. The molecule has 0 unspecified atom stereocenters. The van der Waals surface area contributed by atoms with Crippen LogP contribution in [0, 0.1) is 5.41 Å². The van der Waals surface area contributed by atoms with E-state index in [1.54, 1.807) is 6.33 Å². The van der Waals surface area contributed by atoms with Crippen LogP contribution >= 0.6 is 0 Å². The van der Waals surface area contributed by atoms with E-state index in [0.717, 1.165) is 37.3 Å². The van der Waals surface area contributed by atoms with Gasteiger partial charge >= 0.3 is 0 Å². The van der Waals surface area contributed by atoms with Gasteiger partial charge in [0, 0.05) is 12.1 Å². The van der Waals surface area contributed by atoms with Gasteiger partial charge in [-0.05, 0) is 36.9 Å². The Balaban J connectivity index is 2.09. The number of aryl methyl sites for hydroxylation is 1. The lowest BCUT2D eigenvalue weighted by Gasteiger charge is -2.23. The predicted octanol–water partition coefficient (Wildman–Crippen LogP) is 2.57. The van der Waals surface area contributed by atoms with Gasteiger partial charge in [-0.1, -0.05) is 32.0 Å². The van der Waals surface area contributed by atoms with Crippen LogP contribution in [0.5, 0.6) is 0 Å². The molecule has 4 heteroatoms. The lowest BCUT2D eigenvalue weighted by atomic mass is 9.84. The number of hydrogen-bond acceptors (Lipinski definition) is 3. The van der Waals surface area contributed by atoms with E-state index in [1.165, 1.54) is 0 Å². The van der Waals surface area contributed by atoms with Crippen molar-refractivity contribution < 1.29 is 0 Å². The van der Waals surface area contributed by atoms with Crippen LogP contribution in [0.25, 0.3) is 5.69 Å². The molecule has 102 valence electrons. The van der Waals surface area contributed by atoms with Gasteiger partial charge in [0.1, 0.15) is 12.2 Å². The maximum Gasteiger partial charge on any atom is 0.137 e. The van der Waals surface area contributed by atoms with Gasteiger partial charge in [-0.2, -0.15) is 0 Å². The molecule has 2 N–H and O–H groups in total. The minimum absolute atomic E-state index is 0.252. The first-order valence-corrected chi connectivity index (χ1v) is 6.77. The first-order valence-electron chi connectivity index (χ1n) is 6.77. The van der Waals surface area contributed by atoms with Crippen molar-refractivity contribution in [1.29, 1.82) is 0 Å². The van der Waals surface area contributed by atoms with E-state index in [0.29, 0.717) is 0 Å². The summed E-state index contributed by atoms with van der Waals surface area (Å²) >= 11 is 0. The Morgan fingerprint density at radius 2 is 1.89 bits per heavy atom. The third-order valence-corrected chi connectivity index (χ3v) is 3.50. The van der Waals surface area contributed by atoms with Crippen molar-refractivity contribution >= 4 is 0 Å². The summed E-state index contributed by atoms with van der Waals surface area (Å²) in [6, 6.07) is 10.2. The van der Waals surface area contributed by atoms with E-state index in [9.17, 15) is 0 Å². The van der Waals surface area contributed by atoms with E-state index in [2.05, 4.69) is 40.7 Å². The fraction of sp³-hybridized carbons (Fsp3) is 0.467. The van der Waals surface area contributed by atoms with Crippen molar-refractivity contribution in [3.63, 3.8) is 0 Å². The number of nitrogens with zero attached hydrogens (tertiary/aromatic N) is 3. The summed E-state index contributed by atoms with van der Waals surface area (Å²) in [4.78, 5) is 0. The molecule has 0 saturated carbocycles. The number of nitrogens with two attached hydrogens (primary N) is 1. The molecule has 4 nitrogen and oxygen atoms in total. The van der Waals surface area contributed by atoms with Crippen molar-refractivity contribution in [2.24, 2.45) is 11.1 Å². The second-order valence-corrected chi connectivity index (χ2v) is 5.66. The molecule has 1 aromatic heterocycles. The molecule has 0 saturated heterocycles. The Morgan fingerprint density at radius 1 is 1.16 bits per heavy atom. The van der Waals surface area contributed by atoms with Crippen molar-refractivity contribution in [3.8, 4) is 5.69 Å². The predicted molar refractivity (Wildman–Crippen MR) is 77.1 cm³/mol. The van der Waals surface area contributed by atoms with Crippen LogP contribution in [-0.2, 0) is 6.42 Å². The van der Waals surface area contributed by atoms with Crippen LogP contribution in [-0.4, -0.2) is 21.3 Å². The summed E-state index contributed by atoms with van der Waals surface area (Å²) in [7, 11) is 0. The monoisotopic (exact) mass is 258 g/mol. The summed E-state index contributed by atoms with van der Waals surface area (Å²) in [5, 5.41) is 8.27. The molecule has 0 spiro atoms. The van der Waals surface area contributed by atoms with E-state index < -0.39 is 0 Å². The van der Waals surface area contributed by atoms with Crippen molar-refractivity contribution in [3.05, 3.63) is 42.5 Å². The molecule has 2 aromatic rings. The lowest BCUT2D eigenvalue weighted by molar-refractivity contribution is 0.310. The number of rotatable bonds is 6. The molecule has 2 rings (SSSR count). The fourth-order valence-corrected chi connectivity index (χ4v) is 2.20. The SMILES string of the molecule is CC(C)(CCN)CCc1nncn1-c1ccccc1. The summed E-state index contributed by atoms with van der Waals surface area (Å²) in [5.74, 6) is 1.01. The topological polar surface area (TPSA) is 56.7 Å². The summed E-state index contributed by atoms with van der Waals surface area (Å²) in [5.41, 5.74) is 7.01. The summed E-state index contributed by atoms with van der Waals surface area (Å²) in [6.45, 7) is 5.24. The van der Waals surface area contributed by atoms with Gasteiger partial charge < -0.3 is 5.73 Å². The Bertz CT molecular complexity index is 502. The maximum atomic E-state index is 5.65. The van der Waals surface area contributed by atoms with Crippen molar-refractivity contribution in [2.75, 3.05) is 6.54 Å². The smallest absolute Gasteiger partial charge is 0.137 e. The van der Waals surface area contributed by atoms with Crippen LogP contribution in [0.3, 0.4) is 0 Å². The van der Waals surface area contributed by atoms with E-state index >= 15 is 0 Å². The molecule has 0 aliphatic carbocycles. The Morgan fingerprint density at radius 3 is 2.58 bits per heavy atom. The van der Waals surface area contributed by atoms with E-state index in [1.807, 2.05) is 18.2 Å². The van der Waals surface area contributed by atoms with Crippen molar-refractivity contribution in [2.45, 2.75) is 33.1 Å². The second-order valence-electron chi connectivity index (χ2n) is 5.66. The summed E-state index contributed by atoms with van der Waals surface area (Å²) < 4.78 is 2.05. The third kappa shape index (κ3) is 3.64. The number of benzene rings is 1. The van der Waals surface area contributed by atoms with Gasteiger partial charge in [0.05, 0.1) is 0 Å². The Labute approximate surface area is 114 Å². The molecule has 0 aliphatic heterocycles. The highest BCUT2D eigenvalue weighted by Gasteiger charge is 2.18. The van der Waals surface area contributed by atoms with Gasteiger partial charge in [-0.15, -0.1) is 10.2 Å². The Hall–Kier alpha value is -1.68. The number of para-hydroxylation sites is 1. The van der Waals surface area contributed by atoms with Crippen LogP contribution in [0.1, 0.15) is 32.5 Å². The van der Waals surface area contributed by atoms with Gasteiger partial charge in [-0.25, -0.2) is 0 Å². The van der Waals surface area contributed by atoms with Gasteiger partial charge in [-0.3, -0.25) is 4.57 Å². The number of aromatic nitrogens is 3. The quantitative estimate of drug-likeness (QED) is 0.866. The zero-order chi connectivity index (χ0) is 13.7. The number of hydrogen-bond donors (Lipinski definition) is 1. The molecule has 0 fully saturated rings. The molecule has 0 amide bonds.